The van der Waals surface area contributed by atoms with Gasteiger partial charge < -0.3 is 5.32 Å². The summed E-state index contributed by atoms with van der Waals surface area (Å²) in [6.07, 6.45) is 0. The summed E-state index contributed by atoms with van der Waals surface area (Å²) in [5.74, 6) is -1.01. The first-order chi connectivity index (χ1) is 8.11. The van der Waals surface area contributed by atoms with Gasteiger partial charge in [0.25, 0.3) is 0 Å². The third-order valence-electron chi connectivity index (χ3n) is 3.46. The number of halogens is 2. The normalized spacial score (nSPS) is 18.2. The van der Waals surface area contributed by atoms with Gasteiger partial charge in [-0.25, -0.2) is 8.78 Å². The molecule has 0 radical (unpaired) electrons. The topological polar surface area (TPSA) is 15.3 Å². The van der Waals surface area contributed by atoms with Crippen molar-refractivity contribution in [2.24, 2.45) is 0 Å². The highest BCUT2D eigenvalue weighted by Crippen LogP contribution is 2.25. The summed E-state index contributed by atoms with van der Waals surface area (Å²) in [5.41, 5.74) is 0.705. The predicted molar refractivity (Wildman–Crippen MR) is 63.8 cm³/mol. The van der Waals surface area contributed by atoms with Crippen LogP contribution in [0, 0.1) is 11.6 Å². The lowest BCUT2D eigenvalue weighted by atomic mass is 10.0. The Bertz CT molecular complexity index is 371. The molecule has 0 aromatic heterocycles. The van der Waals surface area contributed by atoms with Crippen molar-refractivity contribution in [3.63, 3.8) is 0 Å². The van der Waals surface area contributed by atoms with Gasteiger partial charge in [0, 0.05) is 31.2 Å². The molecule has 94 valence electrons. The smallest absolute Gasteiger partial charge is 0.126 e. The van der Waals surface area contributed by atoms with E-state index in [0.29, 0.717) is 11.6 Å². The summed E-state index contributed by atoms with van der Waals surface area (Å²) in [5, 5.41) is 3.22. The molecule has 0 spiro atoms. The SMILES string of the molecule is CCN(C1CNC1)C(C)c1cc(F)cc(F)c1. The molecular weight excluding hydrogens is 222 g/mol. The fraction of sp³-hybridized carbons (Fsp3) is 0.538. The van der Waals surface area contributed by atoms with E-state index in [4.69, 9.17) is 0 Å². The van der Waals surface area contributed by atoms with Crippen LogP contribution in [0.15, 0.2) is 18.2 Å². The van der Waals surface area contributed by atoms with Gasteiger partial charge in [-0.15, -0.1) is 0 Å². The molecule has 1 aliphatic heterocycles. The second-order valence-electron chi connectivity index (χ2n) is 4.52. The molecule has 1 atom stereocenters. The van der Waals surface area contributed by atoms with E-state index >= 15 is 0 Å². The maximum Gasteiger partial charge on any atom is 0.126 e. The number of rotatable bonds is 4. The first kappa shape index (κ1) is 12.5. The Balaban J connectivity index is 2.18. The summed E-state index contributed by atoms with van der Waals surface area (Å²) < 4.78 is 26.4. The second-order valence-corrected chi connectivity index (χ2v) is 4.52. The molecular formula is C13H18F2N2. The fourth-order valence-corrected chi connectivity index (χ4v) is 2.36. The Labute approximate surface area is 101 Å². The quantitative estimate of drug-likeness (QED) is 0.869. The van der Waals surface area contributed by atoms with Crippen LogP contribution in [0.4, 0.5) is 8.78 Å². The zero-order chi connectivity index (χ0) is 12.4. The Morgan fingerprint density at radius 2 is 1.88 bits per heavy atom. The highest BCUT2D eigenvalue weighted by Gasteiger charge is 2.28. The van der Waals surface area contributed by atoms with Gasteiger partial charge in [-0.05, 0) is 31.2 Å². The van der Waals surface area contributed by atoms with Gasteiger partial charge in [0.15, 0.2) is 0 Å². The molecule has 1 heterocycles. The summed E-state index contributed by atoms with van der Waals surface area (Å²) in [4.78, 5) is 2.27. The lowest BCUT2D eigenvalue weighted by Gasteiger charge is -2.41. The van der Waals surface area contributed by atoms with Crippen molar-refractivity contribution < 1.29 is 8.78 Å². The van der Waals surface area contributed by atoms with Gasteiger partial charge in [-0.1, -0.05) is 6.92 Å². The summed E-state index contributed by atoms with van der Waals surface area (Å²) in [6, 6.07) is 4.27. The van der Waals surface area contributed by atoms with E-state index in [9.17, 15) is 8.78 Å². The van der Waals surface area contributed by atoms with E-state index in [2.05, 4.69) is 17.1 Å². The van der Waals surface area contributed by atoms with E-state index in [0.717, 1.165) is 25.7 Å². The van der Waals surface area contributed by atoms with Crippen molar-refractivity contribution in [2.45, 2.75) is 25.9 Å². The van der Waals surface area contributed by atoms with Crippen LogP contribution in [0.5, 0.6) is 0 Å². The molecule has 0 bridgehead atoms. The van der Waals surface area contributed by atoms with Crippen LogP contribution < -0.4 is 5.32 Å². The van der Waals surface area contributed by atoms with E-state index in [1.807, 2.05) is 6.92 Å². The zero-order valence-corrected chi connectivity index (χ0v) is 10.2. The van der Waals surface area contributed by atoms with E-state index in [1.54, 1.807) is 0 Å². The molecule has 0 aliphatic carbocycles. The molecule has 1 aliphatic rings. The minimum Gasteiger partial charge on any atom is -0.314 e. The molecule has 0 saturated carbocycles. The van der Waals surface area contributed by atoms with Crippen molar-refractivity contribution in [3.05, 3.63) is 35.4 Å². The Morgan fingerprint density at radius 3 is 2.29 bits per heavy atom. The summed E-state index contributed by atoms with van der Waals surface area (Å²) >= 11 is 0. The Hall–Kier alpha value is -1.00. The van der Waals surface area contributed by atoms with Crippen LogP contribution in [0.1, 0.15) is 25.5 Å². The number of hydrogen-bond acceptors (Lipinski definition) is 2. The second kappa shape index (κ2) is 5.10. The molecule has 2 nitrogen and oxygen atoms in total. The Morgan fingerprint density at radius 1 is 1.29 bits per heavy atom. The van der Waals surface area contributed by atoms with Crippen molar-refractivity contribution in [2.75, 3.05) is 19.6 Å². The maximum atomic E-state index is 13.2. The van der Waals surface area contributed by atoms with Crippen LogP contribution >= 0.6 is 0 Å². The first-order valence-corrected chi connectivity index (χ1v) is 6.04. The Kier molecular flexibility index (Phi) is 3.74. The third-order valence-corrected chi connectivity index (χ3v) is 3.46. The molecule has 1 N–H and O–H groups in total. The van der Waals surface area contributed by atoms with E-state index < -0.39 is 11.6 Å². The minimum absolute atomic E-state index is 0.0392. The van der Waals surface area contributed by atoms with Crippen LogP contribution in [0.25, 0.3) is 0 Å². The van der Waals surface area contributed by atoms with Crippen molar-refractivity contribution in [1.82, 2.24) is 10.2 Å². The molecule has 2 rings (SSSR count). The van der Waals surface area contributed by atoms with Crippen LogP contribution in [0.3, 0.4) is 0 Å². The average Bonchev–Trinajstić information content (AvgIpc) is 2.20. The highest BCUT2D eigenvalue weighted by molar-refractivity contribution is 5.21. The highest BCUT2D eigenvalue weighted by atomic mass is 19.1. The van der Waals surface area contributed by atoms with E-state index in [1.165, 1.54) is 12.1 Å². The maximum absolute atomic E-state index is 13.2. The molecule has 1 aromatic carbocycles. The molecule has 0 amide bonds. The number of benzene rings is 1. The van der Waals surface area contributed by atoms with Gasteiger partial charge in [-0.3, -0.25) is 4.90 Å². The van der Waals surface area contributed by atoms with Crippen molar-refractivity contribution in [3.8, 4) is 0 Å². The lowest BCUT2D eigenvalue weighted by molar-refractivity contribution is 0.109. The van der Waals surface area contributed by atoms with Crippen molar-refractivity contribution in [1.29, 1.82) is 0 Å². The molecule has 17 heavy (non-hydrogen) atoms. The average molecular weight is 240 g/mol. The zero-order valence-electron chi connectivity index (χ0n) is 10.2. The van der Waals surface area contributed by atoms with Gasteiger partial charge in [0.2, 0.25) is 0 Å². The summed E-state index contributed by atoms with van der Waals surface area (Å²) in [6.45, 7) is 6.86. The standard InChI is InChI=1S/C13H18F2N2/c1-3-17(13-7-16-8-13)9(2)10-4-11(14)6-12(15)5-10/h4-6,9,13,16H,3,7-8H2,1-2H3. The van der Waals surface area contributed by atoms with Gasteiger partial charge >= 0.3 is 0 Å². The summed E-state index contributed by atoms with van der Waals surface area (Å²) in [7, 11) is 0. The predicted octanol–water partition coefficient (Wildman–Crippen LogP) is 2.32. The third kappa shape index (κ3) is 2.64. The van der Waals surface area contributed by atoms with Crippen LogP contribution in [0.2, 0.25) is 0 Å². The minimum atomic E-state index is -0.505. The fourth-order valence-electron chi connectivity index (χ4n) is 2.36. The van der Waals surface area contributed by atoms with Gasteiger partial charge in [0.1, 0.15) is 11.6 Å². The van der Waals surface area contributed by atoms with E-state index in [-0.39, 0.29) is 6.04 Å². The van der Waals surface area contributed by atoms with Crippen LogP contribution in [-0.2, 0) is 0 Å². The van der Waals surface area contributed by atoms with Gasteiger partial charge in [0.05, 0.1) is 0 Å². The molecule has 1 unspecified atom stereocenters. The first-order valence-electron chi connectivity index (χ1n) is 6.04. The number of likely N-dealkylation sites (N-methyl/N-ethyl adjacent to an activating group) is 1. The molecule has 1 fully saturated rings. The molecule has 1 aromatic rings. The molecule has 4 heteroatoms. The number of hydrogen-bond donors (Lipinski definition) is 1. The largest absolute Gasteiger partial charge is 0.314 e. The lowest BCUT2D eigenvalue weighted by Crippen LogP contribution is -2.57. The molecule has 1 saturated heterocycles. The van der Waals surface area contributed by atoms with Crippen LogP contribution in [-0.4, -0.2) is 30.6 Å². The number of nitrogens with zero attached hydrogens (tertiary/aromatic N) is 1. The monoisotopic (exact) mass is 240 g/mol. The number of nitrogens with one attached hydrogen (secondary N) is 1. The van der Waals surface area contributed by atoms with Crippen molar-refractivity contribution >= 4 is 0 Å². The van der Waals surface area contributed by atoms with Gasteiger partial charge in [-0.2, -0.15) is 0 Å².